The Morgan fingerprint density at radius 3 is 2.45 bits per heavy atom. The first-order chi connectivity index (χ1) is 14.9. The summed E-state index contributed by atoms with van der Waals surface area (Å²) in [6, 6.07) is 11.4. The lowest BCUT2D eigenvalue weighted by atomic mass is 9.95. The fraction of sp³-hybridized carbons (Fsp3) is 0.333. The summed E-state index contributed by atoms with van der Waals surface area (Å²) in [6.45, 7) is 7.01. The molecule has 1 fully saturated rings. The maximum Gasteiger partial charge on any atom is 0.255 e. The van der Waals surface area contributed by atoms with Crippen molar-refractivity contribution in [2.24, 2.45) is 5.92 Å². The van der Waals surface area contributed by atoms with Crippen LogP contribution in [0.1, 0.15) is 40.2 Å². The van der Waals surface area contributed by atoms with Crippen molar-refractivity contribution in [3.63, 3.8) is 0 Å². The number of nitrogens with zero attached hydrogens (tertiary/aromatic N) is 4. The molecule has 0 spiro atoms. The first kappa shape index (κ1) is 20.8. The summed E-state index contributed by atoms with van der Waals surface area (Å²) in [5.41, 5.74) is 3.59. The van der Waals surface area contributed by atoms with Crippen molar-refractivity contribution in [3.8, 4) is 5.82 Å². The van der Waals surface area contributed by atoms with Gasteiger partial charge in [-0.25, -0.2) is 9.97 Å². The van der Waals surface area contributed by atoms with E-state index in [0.717, 1.165) is 22.8 Å². The number of likely N-dealkylation sites (tertiary alicyclic amines) is 1. The zero-order valence-electron chi connectivity index (χ0n) is 18.1. The molecule has 1 aliphatic rings. The lowest BCUT2D eigenvalue weighted by molar-refractivity contribution is -0.121. The maximum absolute atomic E-state index is 13.2. The van der Waals surface area contributed by atoms with Gasteiger partial charge in [0.1, 0.15) is 11.6 Å². The molecule has 160 valence electrons. The minimum absolute atomic E-state index is 0.00865. The highest BCUT2D eigenvalue weighted by Gasteiger charge is 2.29. The smallest absolute Gasteiger partial charge is 0.255 e. The third-order valence-electron chi connectivity index (χ3n) is 5.86. The normalized spacial score (nSPS) is 14.5. The Balaban J connectivity index is 1.41. The molecule has 31 heavy (non-hydrogen) atoms. The SMILES string of the molecule is Cc1ccc(NC(=O)C2CCN(C(=O)c3cc(C)n(-c4ccccn4)c3C)CC2)nc1. The number of carbonyl (C=O) groups is 2. The van der Waals surface area contributed by atoms with E-state index >= 15 is 0 Å². The number of carbonyl (C=O) groups excluding carboxylic acids is 2. The summed E-state index contributed by atoms with van der Waals surface area (Å²) in [5, 5.41) is 2.89. The standard InChI is InChI=1S/C24H27N5O2/c1-16-7-8-21(26-15-16)27-23(30)19-9-12-28(13-10-19)24(31)20-14-17(2)29(18(20)3)22-6-4-5-11-25-22/h4-8,11,14-15,19H,9-10,12-13H2,1-3H3,(H,26,27,30). The molecule has 7 nitrogen and oxygen atoms in total. The van der Waals surface area contributed by atoms with E-state index in [0.29, 0.717) is 37.3 Å². The molecule has 0 radical (unpaired) electrons. The van der Waals surface area contributed by atoms with Crippen molar-refractivity contribution in [1.82, 2.24) is 19.4 Å². The van der Waals surface area contributed by atoms with Gasteiger partial charge in [-0.1, -0.05) is 12.1 Å². The zero-order valence-corrected chi connectivity index (χ0v) is 18.1. The topological polar surface area (TPSA) is 80.1 Å². The quantitative estimate of drug-likeness (QED) is 0.702. The predicted octanol–water partition coefficient (Wildman–Crippen LogP) is 3.68. The molecular weight excluding hydrogens is 390 g/mol. The van der Waals surface area contributed by atoms with Crippen LogP contribution in [0.4, 0.5) is 5.82 Å². The maximum atomic E-state index is 13.2. The predicted molar refractivity (Wildman–Crippen MR) is 119 cm³/mol. The van der Waals surface area contributed by atoms with E-state index in [1.54, 1.807) is 12.4 Å². The molecule has 4 heterocycles. The molecule has 3 aromatic heterocycles. The number of pyridine rings is 2. The average Bonchev–Trinajstić information content (AvgIpc) is 3.09. The third-order valence-corrected chi connectivity index (χ3v) is 5.86. The van der Waals surface area contributed by atoms with E-state index in [-0.39, 0.29) is 17.7 Å². The van der Waals surface area contributed by atoms with E-state index in [2.05, 4.69) is 15.3 Å². The molecule has 0 saturated carbocycles. The van der Waals surface area contributed by atoms with Gasteiger partial charge in [-0.2, -0.15) is 0 Å². The lowest BCUT2D eigenvalue weighted by Crippen LogP contribution is -2.41. The van der Waals surface area contributed by atoms with Gasteiger partial charge in [0.25, 0.3) is 5.91 Å². The molecule has 1 N–H and O–H groups in total. The summed E-state index contributed by atoms with van der Waals surface area (Å²) < 4.78 is 2.00. The Morgan fingerprint density at radius 1 is 1.03 bits per heavy atom. The Bertz CT molecular complexity index is 1080. The van der Waals surface area contributed by atoms with Crippen molar-refractivity contribution in [2.45, 2.75) is 33.6 Å². The van der Waals surface area contributed by atoms with Gasteiger partial charge < -0.3 is 14.8 Å². The monoisotopic (exact) mass is 417 g/mol. The number of aromatic nitrogens is 3. The van der Waals surface area contributed by atoms with Crippen LogP contribution in [-0.4, -0.2) is 44.3 Å². The van der Waals surface area contributed by atoms with Crippen molar-refractivity contribution < 1.29 is 9.59 Å². The van der Waals surface area contributed by atoms with Crippen LogP contribution in [-0.2, 0) is 4.79 Å². The fourth-order valence-corrected chi connectivity index (χ4v) is 4.10. The van der Waals surface area contributed by atoms with E-state index in [1.165, 1.54) is 0 Å². The van der Waals surface area contributed by atoms with Crippen molar-refractivity contribution in [1.29, 1.82) is 0 Å². The van der Waals surface area contributed by atoms with E-state index in [9.17, 15) is 9.59 Å². The van der Waals surface area contributed by atoms with Crippen LogP contribution in [0.25, 0.3) is 5.82 Å². The molecular formula is C24H27N5O2. The second kappa shape index (κ2) is 8.71. The van der Waals surface area contributed by atoms with Gasteiger partial charge in [0, 0.05) is 42.8 Å². The van der Waals surface area contributed by atoms with Crippen LogP contribution in [0, 0.1) is 26.7 Å². The van der Waals surface area contributed by atoms with Gasteiger partial charge in [-0.15, -0.1) is 0 Å². The number of nitrogens with one attached hydrogen (secondary N) is 1. The zero-order chi connectivity index (χ0) is 22.0. The molecule has 4 rings (SSSR count). The fourth-order valence-electron chi connectivity index (χ4n) is 4.10. The Kier molecular flexibility index (Phi) is 5.84. The molecule has 0 aromatic carbocycles. The van der Waals surface area contributed by atoms with Gasteiger partial charge >= 0.3 is 0 Å². The number of amides is 2. The Hall–Kier alpha value is -3.48. The molecule has 1 aliphatic heterocycles. The minimum atomic E-state index is -0.117. The molecule has 3 aromatic rings. The van der Waals surface area contributed by atoms with Gasteiger partial charge in [0.05, 0.1) is 5.56 Å². The van der Waals surface area contributed by atoms with Gasteiger partial charge in [-0.05, 0) is 63.4 Å². The Morgan fingerprint density at radius 2 is 1.81 bits per heavy atom. The number of hydrogen-bond donors (Lipinski definition) is 1. The molecule has 0 unspecified atom stereocenters. The molecule has 0 atom stereocenters. The molecule has 0 bridgehead atoms. The summed E-state index contributed by atoms with van der Waals surface area (Å²) in [4.78, 5) is 36.3. The van der Waals surface area contributed by atoms with Gasteiger partial charge in [0.2, 0.25) is 5.91 Å². The van der Waals surface area contributed by atoms with Crippen LogP contribution in [0.5, 0.6) is 0 Å². The second-order valence-electron chi connectivity index (χ2n) is 8.08. The minimum Gasteiger partial charge on any atom is -0.339 e. The van der Waals surface area contributed by atoms with Crippen LogP contribution in [0.3, 0.4) is 0 Å². The Labute approximate surface area is 182 Å². The third kappa shape index (κ3) is 4.35. The first-order valence-electron chi connectivity index (χ1n) is 10.6. The summed E-state index contributed by atoms with van der Waals surface area (Å²) in [6.07, 6.45) is 4.76. The molecule has 1 saturated heterocycles. The molecule has 0 aliphatic carbocycles. The number of piperidine rings is 1. The van der Waals surface area contributed by atoms with Crippen LogP contribution < -0.4 is 5.32 Å². The number of rotatable bonds is 4. The highest BCUT2D eigenvalue weighted by atomic mass is 16.2. The summed E-state index contributed by atoms with van der Waals surface area (Å²) in [7, 11) is 0. The highest BCUT2D eigenvalue weighted by molar-refractivity contribution is 5.96. The van der Waals surface area contributed by atoms with Crippen LogP contribution >= 0.6 is 0 Å². The molecule has 2 amide bonds. The van der Waals surface area contributed by atoms with Crippen LogP contribution in [0.15, 0.2) is 48.8 Å². The number of anilines is 1. The van der Waals surface area contributed by atoms with E-state index < -0.39 is 0 Å². The van der Waals surface area contributed by atoms with Crippen LogP contribution in [0.2, 0.25) is 0 Å². The van der Waals surface area contributed by atoms with Crippen molar-refractivity contribution in [2.75, 3.05) is 18.4 Å². The number of aryl methyl sites for hydroxylation is 2. The highest BCUT2D eigenvalue weighted by Crippen LogP contribution is 2.24. The summed E-state index contributed by atoms with van der Waals surface area (Å²) >= 11 is 0. The van der Waals surface area contributed by atoms with Gasteiger partial charge in [0.15, 0.2) is 0 Å². The van der Waals surface area contributed by atoms with E-state index in [4.69, 9.17) is 0 Å². The van der Waals surface area contributed by atoms with E-state index in [1.807, 2.05) is 66.6 Å². The summed E-state index contributed by atoms with van der Waals surface area (Å²) in [5.74, 6) is 1.23. The average molecular weight is 418 g/mol. The first-order valence-corrected chi connectivity index (χ1v) is 10.6. The molecule has 7 heteroatoms. The van der Waals surface area contributed by atoms with Crippen molar-refractivity contribution >= 4 is 17.6 Å². The van der Waals surface area contributed by atoms with Gasteiger partial charge in [-0.3, -0.25) is 9.59 Å². The van der Waals surface area contributed by atoms with Crippen molar-refractivity contribution in [3.05, 3.63) is 71.3 Å². The largest absolute Gasteiger partial charge is 0.339 e. The lowest BCUT2D eigenvalue weighted by Gasteiger charge is -2.31. The number of hydrogen-bond acceptors (Lipinski definition) is 4. The second-order valence-corrected chi connectivity index (χ2v) is 8.08.